The van der Waals surface area contributed by atoms with E-state index >= 15 is 0 Å². The predicted molar refractivity (Wildman–Crippen MR) is 129 cm³/mol. The molecule has 1 aliphatic rings. The van der Waals surface area contributed by atoms with Crippen molar-refractivity contribution in [1.82, 2.24) is 14.8 Å². The zero-order valence-corrected chi connectivity index (χ0v) is 18.1. The number of para-hydroxylation sites is 1. The van der Waals surface area contributed by atoms with Crippen LogP contribution in [0.5, 0.6) is 0 Å². The summed E-state index contributed by atoms with van der Waals surface area (Å²) in [4.78, 5) is 17.1. The van der Waals surface area contributed by atoms with Gasteiger partial charge in [-0.3, -0.25) is 19.5 Å². The number of hydrogen-bond acceptors (Lipinski definition) is 5. The monoisotopic (exact) mass is 436 g/mol. The third kappa shape index (κ3) is 4.82. The van der Waals surface area contributed by atoms with E-state index < -0.39 is 0 Å². The Morgan fingerprint density at radius 3 is 2.42 bits per heavy atom. The van der Waals surface area contributed by atoms with Crippen LogP contribution in [0, 0.1) is 0 Å². The molecule has 2 aromatic heterocycles. The Labute approximate surface area is 192 Å². The van der Waals surface area contributed by atoms with Crippen molar-refractivity contribution in [3.05, 3.63) is 109 Å². The smallest absolute Gasteiger partial charge is 0.273 e. The third-order valence-electron chi connectivity index (χ3n) is 5.64. The fourth-order valence-corrected chi connectivity index (χ4v) is 3.94. The fraction of sp³-hybridized carbons (Fsp3) is 0.154. The molecular formula is C26H24N6O. The van der Waals surface area contributed by atoms with Gasteiger partial charge in [-0.05, 0) is 41.8 Å². The van der Waals surface area contributed by atoms with E-state index in [4.69, 9.17) is 5.10 Å². The largest absolute Gasteiger partial charge is 0.304 e. The van der Waals surface area contributed by atoms with Crippen molar-refractivity contribution in [3.63, 3.8) is 0 Å². The van der Waals surface area contributed by atoms with Gasteiger partial charge in [0.2, 0.25) is 0 Å². The number of hydrazone groups is 1. The van der Waals surface area contributed by atoms with E-state index in [1.807, 2.05) is 82.6 Å². The van der Waals surface area contributed by atoms with Crippen molar-refractivity contribution >= 4 is 23.1 Å². The van der Waals surface area contributed by atoms with E-state index in [2.05, 4.69) is 27.5 Å². The summed E-state index contributed by atoms with van der Waals surface area (Å²) in [5, 5.41) is 14.0. The molecule has 2 aromatic carbocycles. The van der Waals surface area contributed by atoms with Crippen molar-refractivity contribution in [3.8, 4) is 0 Å². The quantitative estimate of drug-likeness (QED) is 0.464. The molecule has 1 aliphatic heterocycles. The van der Waals surface area contributed by atoms with Crippen LogP contribution in [0.2, 0.25) is 0 Å². The first-order valence-electron chi connectivity index (χ1n) is 11.0. The van der Waals surface area contributed by atoms with Crippen LogP contribution in [-0.2, 0) is 17.8 Å². The summed E-state index contributed by atoms with van der Waals surface area (Å²) >= 11 is 0. The van der Waals surface area contributed by atoms with Crippen molar-refractivity contribution in [2.24, 2.45) is 5.10 Å². The van der Waals surface area contributed by atoms with Gasteiger partial charge in [-0.1, -0.05) is 48.5 Å². The number of carbonyl (C=O) groups is 1. The van der Waals surface area contributed by atoms with E-state index in [1.165, 1.54) is 5.56 Å². The maximum absolute atomic E-state index is 13.0. The number of aryl methyl sites for hydroxylation is 2. The van der Waals surface area contributed by atoms with Gasteiger partial charge in [0, 0.05) is 37.6 Å². The van der Waals surface area contributed by atoms with Gasteiger partial charge in [0.25, 0.3) is 5.91 Å². The van der Waals surface area contributed by atoms with Crippen molar-refractivity contribution < 1.29 is 4.79 Å². The van der Waals surface area contributed by atoms with E-state index in [0.717, 1.165) is 24.2 Å². The molecule has 7 nitrogen and oxygen atoms in total. The van der Waals surface area contributed by atoms with Gasteiger partial charge in [0.05, 0.1) is 11.7 Å². The molecule has 5 rings (SSSR count). The normalized spacial score (nSPS) is 15.3. The minimum atomic E-state index is -0.228. The number of aromatic nitrogens is 3. The predicted octanol–water partition coefficient (Wildman–Crippen LogP) is 4.47. The minimum Gasteiger partial charge on any atom is -0.304 e. The van der Waals surface area contributed by atoms with E-state index in [-0.39, 0.29) is 11.9 Å². The number of nitrogens with one attached hydrogen (secondary N) is 1. The molecule has 3 heterocycles. The molecular weight excluding hydrogens is 412 g/mol. The second-order valence-corrected chi connectivity index (χ2v) is 7.88. The Kier molecular flexibility index (Phi) is 5.93. The van der Waals surface area contributed by atoms with Crippen LogP contribution in [0.4, 0.5) is 11.5 Å². The second-order valence-electron chi connectivity index (χ2n) is 7.88. The molecule has 164 valence electrons. The van der Waals surface area contributed by atoms with Gasteiger partial charge in [0.15, 0.2) is 5.82 Å². The first-order chi connectivity index (χ1) is 16.3. The first-order valence-corrected chi connectivity index (χ1v) is 11.0. The Morgan fingerprint density at radius 1 is 0.939 bits per heavy atom. The molecule has 7 heteroatoms. The zero-order valence-electron chi connectivity index (χ0n) is 18.1. The van der Waals surface area contributed by atoms with Crippen molar-refractivity contribution in [2.45, 2.75) is 25.4 Å². The SMILES string of the molecule is O=C(Nc1ccn(CCc2ccncc2)n1)C1=NN(c2ccccc2)C(c2ccccc2)C1. The molecule has 0 fully saturated rings. The fourth-order valence-electron chi connectivity index (χ4n) is 3.94. The summed E-state index contributed by atoms with van der Waals surface area (Å²) in [6, 6.07) is 25.8. The number of nitrogens with zero attached hydrogens (tertiary/aromatic N) is 5. The van der Waals surface area contributed by atoms with Crippen molar-refractivity contribution in [2.75, 3.05) is 10.3 Å². The van der Waals surface area contributed by atoms with Crippen LogP contribution in [0.3, 0.4) is 0 Å². The second kappa shape index (κ2) is 9.48. The van der Waals surface area contributed by atoms with E-state index in [9.17, 15) is 4.79 Å². The van der Waals surface area contributed by atoms with Crippen LogP contribution in [0.15, 0.2) is 103 Å². The summed E-state index contributed by atoms with van der Waals surface area (Å²) in [6.07, 6.45) is 6.81. The van der Waals surface area contributed by atoms with Crippen LogP contribution < -0.4 is 10.3 Å². The third-order valence-corrected chi connectivity index (χ3v) is 5.64. The van der Waals surface area contributed by atoms with Crippen LogP contribution in [-0.4, -0.2) is 26.4 Å². The van der Waals surface area contributed by atoms with Gasteiger partial charge in [0.1, 0.15) is 5.71 Å². The van der Waals surface area contributed by atoms with Gasteiger partial charge in [-0.2, -0.15) is 10.2 Å². The lowest BCUT2D eigenvalue weighted by Gasteiger charge is -2.23. The standard InChI is InChI=1S/C26H24N6O/c33-26(28-25-14-18-31(30-25)17-13-20-11-15-27-16-12-20)23-19-24(21-7-3-1-4-8-21)32(29-23)22-9-5-2-6-10-22/h1-12,14-16,18,24H,13,17,19H2,(H,28,30,33). The summed E-state index contributed by atoms with van der Waals surface area (Å²) in [5.41, 5.74) is 3.75. The molecule has 0 spiro atoms. The highest BCUT2D eigenvalue weighted by atomic mass is 16.2. The number of rotatable bonds is 7. The maximum Gasteiger partial charge on any atom is 0.273 e. The van der Waals surface area contributed by atoms with Crippen LogP contribution in [0.25, 0.3) is 0 Å². The lowest BCUT2D eigenvalue weighted by molar-refractivity contribution is -0.110. The molecule has 33 heavy (non-hydrogen) atoms. The summed E-state index contributed by atoms with van der Waals surface area (Å²) in [5.74, 6) is 0.292. The zero-order chi connectivity index (χ0) is 22.5. The number of benzene rings is 2. The number of anilines is 2. The number of hydrogen-bond donors (Lipinski definition) is 1. The Bertz CT molecular complexity index is 1240. The Morgan fingerprint density at radius 2 is 1.67 bits per heavy atom. The van der Waals surface area contributed by atoms with Crippen LogP contribution in [0.1, 0.15) is 23.6 Å². The highest BCUT2D eigenvalue weighted by Crippen LogP contribution is 2.35. The molecule has 0 bridgehead atoms. The Hall–Kier alpha value is -4.26. The van der Waals surface area contributed by atoms with Gasteiger partial charge >= 0.3 is 0 Å². The van der Waals surface area contributed by atoms with Crippen molar-refractivity contribution in [1.29, 1.82) is 0 Å². The number of pyridine rings is 1. The maximum atomic E-state index is 13.0. The molecule has 0 radical (unpaired) electrons. The average Bonchev–Trinajstić information content (AvgIpc) is 3.52. The number of amides is 1. The lowest BCUT2D eigenvalue weighted by Crippen LogP contribution is -2.22. The van der Waals surface area contributed by atoms with Gasteiger partial charge < -0.3 is 5.32 Å². The molecule has 4 aromatic rings. The molecule has 1 N–H and O–H groups in total. The van der Waals surface area contributed by atoms with Gasteiger partial charge in [-0.15, -0.1) is 0 Å². The molecule has 1 unspecified atom stereocenters. The van der Waals surface area contributed by atoms with E-state index in [1.54, 1.807) is 12.4 Å². The summed E-state index contributed by atoms with van der Waals surface area (Å²) in [6.45, 7) is 0.721. The van der Waals surface area contributed by atoms with Gasteiger partial charge in [-0.25, -0.2) is 0 Å². The number of carbonyl (C=O) groups excluding carboxylic acids is 1. The highest BCUT2D eigenvalue weighted by molar-refractivity contribution is 6.43. The molecule has 0 aliphatic carbocycles. The molecule has 1 amide bonds. The van der Waals surface area contributed by atoms with E-state index in [0.29, 0.717) is 18.0 Å². The highest BCUT2D eigenvalue weighted by Gasteiger charge is 2.32. The summed E-state index contributed by atoms with van der Waals surface area (Å²) < 4.78 is 1.83. The molecule has 0 saturated heterocycles. The molecule has 1 atom stereocenters. The molecule has 0 saturated carbocycles. The summed E-state index contributed by atoms with van der Waals surface area (Å²) in [7, 11) is 0. The topological polar surface area (TPSA) is 75.4 Å². The first kappa shape index (κ1) is 20.6. The Balaban J connectivity index is 1.29. The van der Waals surface area contributed by atoms with Crippen LogP contribution >= 0.6 is 0 Å². The minimum absolute atomic E-state index is 0.0349. The average molecular weight is 437 g/mol. The lowest BCUT2D eigenvalue weighted by atomic mass is 10.0.